The molecule has 0 atom stereocenters. The first kappa shape index (κ1) is 13.6. The molecule has 2 amide bonds. The average molecular weight is 292 g/mol. The van der Waals surface area contributed by atoms with Gasteiger partial charge < -0.3 is 0 Å². The van der Waals surface area contributed by atoms with Gasteiger partial charge >= 0.3 is 5.00 Å². The lowest BCUT2D eigenvalue weighted by Gasteiger charge is -2.05. The van der Waals surface area contributed by atoms with Crippen LogP contribution in [0.4, 0.5) is 5.00 Å². The molecule has 0 saturated carbocycles. The highest BCUT2D eigenvalue weighted by atomic mass is 32.1. The van der Waals surface area contributed by atoms with Gasteiger partial charge in [-0.25, -0.2) is 0 Å². The molecule has 8 nitrogen and oxygen atoms in total. The van der Waals surface area contributed by atoms with Crippen LogP contribution in [0.5, 0.6) is 0 Å². The molecule has 0 bridgehead atoms. The van der Waals surface area contributed by atoms with Crippen LogP contribution in [0, 0.1) is 10.1 Å². The van der Waals surface area contributed by atoms with Gasteiger partial charge in [-0.05, 0) is 18.2 Å². The number of nitro groups is 1. The van der Waals surface area contributed by atoms with Gasteiger partial charge in [0, 0.05) is 24.0 Å². The van der Waals surface area contributed by atoms with Crippen molar-refractivity contribution in [3.8, 4) is 0 Å². The summed E-state index contributed by atoms with van der Waals surface area (Å²) < 4.78 is 0. The third-order valence-electron chi connectivity index (χ3n) is 2.23. The molecule has 0 aliphatic rings. The zero-order valence-corrected chi connectivity index (χ0v) is 10.7. The van der Waals surface area contributed by atoms with Crippen molar-refractivity contribution in [1.29, 1.82) is 0 Å². The minimum atomic E-state index is -0.620. The first-order valence-corrected chi connectivity index (χ1v) is 6.14. The zero-order chi connectivity index (χ0) is 14.5. The minimum Gasteiger partial charge on any atom is -0.267 e. The van der Waals surface area contributed by atoms with Gasteiger partial charge in [-0.15, -0.1) is 0 Å². The fraction of sp³-hybridized carbons (Fsp3) is 0. The van der Waals surface area contributed by atoms with E-state index in [4.69, 9.17) is 0 Å². The van der Waals surface area contributed by atoms with Gasteiger partial charge in [-0.1, -0.05) is 11.3 Å². The highest BCUT2D eigenvalue weighted by Gasteiger charge is 2.15. The molecule has 20 heavy (non-hydrogen) atoms. The Balaban J connectivity index is 1.95. The number of carbonyl (C=O) groups excluding carboxylic acids is 2. The van der Waals surface area contributed by atoms with E-state index < -0.39 is 16.7 Å². The Labute approximate surface area is 116 Å². The molecule has 0 aliphatic carbocycles. The average Bonchev–Trinajstić information content (AvgIpc) is 2.95. The third-order valence-corrected chi connectivity index (χ3v) is 3.26. The summed E-state index contributed by atoms with van der Waals surface area (Å²) in [6.45, 7) is 0. The molecule has 0 radical (unpaired) electrons. The Morgan fingerprint density at radius 1 is 1.10 bits per heavy atom. The third kappa shape index (κ3) is 3.14. The van der Waals surface area contributed by atoms with Crippen LogP contribution >= 0.6 is 11.3 Å². The van der Waals surface area contributed by atoms with Gasteiger partial charge in [0.05, 0.1) is 4.92 Å². The number of nitrogens with one attached hydrogen (secondary N) is 2. The fourth-order valence-electron chi connectivity index (χ4n) is 1.30. The van der Waals surface area contributed by atoms with E-state index in [9.17, 15) is 19.7 Å². The van der Waals surface area contributed by atoms with E-state index in [2.05, 4.69) is 15.8 Å². The highest BCUT2D eigenvalue weighted by molar-refractivity contribution is 7.17. The molecule has 9 heteroatoms. The van der Waals surface area contributed by atoms with E-state index >= 15 is 0 Å². The van der Waals surface area contributed by atoms with Gasteiger partial charge in [0.1, 0.15) is 4.88 Å². The minimum absolute atomic E-state index is 0.131. The Morgan fingerprint density at radius 2 is 1.75 bits per heavy atom. The predicted octanol–water partition coefficient (Wildman–Crippen LogP) is 1.13. The van der Waals surface area contributed by atoms with Crippen LogP contribution in [0.2, 0.25) is 0 Å². The summed E-state index contributed by atoms with van der Waals surface area (Å²) in [6, 6.07) is 5.51. The van der Waals surface area contributed by atoms with Crippen LogP contribution in [0.3, 0.4) is 0 Å². The number of amides is 2. The number of rotatable bonds is 3. The monoisotopic (exact) mass is 292 g/mol. The number of carbonyl (C=O) groups is 2. The van der Waals surface area contributed by atoms with Crippen molar-refractivity contribution >= 4 is 28.2 Å². The maximum atomic E-state index is 11.7. The predicted molar refractivity (Wildman–Crippen MR) is 70.1 cm³/mol. The lowest BCUT2D eigenvalue weighted by molar-refractivity contribution is -0.380. The molecule has 0 aromatic carbocycles. The van der Waals surface area contributed by atoms with Gasteiger partial charge in [-0.2, -0.15) is 0 Å². The van der Waals surface area contributed by atoms with E-state index in [1.165, 1.54) is 36.7 Å². The van der Waals surface area contributed by atoms with Crippen molar-refractivity contribution in [3.63, 3.8) is 0 Å². The van der Waals surface area contributed by atoms with Crippen molar-refractivity contribution in [2.45, 2.75) is 0 Å². The number of pyridine rings is 1. The summed E-state index contributed by atoms with van der Waals surface area (Å²) >= 11 is 0.724. The summed E-state index contributed by atoms with van der Waals surface area (Å²) in [7, 11) is 0. The van der Waals surface area contributed by atoms with Crippen molar-refractivity contribution in [3.05, 3.63) is 57.2 Å². The molecule has 0 saturated heterocycles. The van der Waals surface area contributed by atoms with Crippen LogP contribution < -0.4 is 10.9 Å². The second kappa shape index (κ2) is 5.89. The summed E-state index contributed by atoms with van der Waals surface area (Å²) in [5, 5.41) is 10.4. The second-order valence-corrected chi connectivity index (χ2v) is 4.60. The summed E-state index contributed by atoms with van der Waals surface area (Å²) in [5.41, 5.74) is 4.72. The SMILES string of the molecule is O=C(NNC(=O)c1ccc([N+](=O)[O-])s1)c1ccncc1. The molecule has 102 valence electrons. The number of hydrogen-bond acceptors (Lipinski definition) is 6. The lowest BCUT2D eigenvalue weighted by atomic mass is 10.3. The van der Waals surface area contributed by atoms with Gasteiger partial charge in [0.15, 0.2) is 0 Å². The maximum Gasteiger partial charge on any atom is 0.324 e. The largest absolute Gasteiger partial charge is 0.324 e. The Morgan fingerprint density at radius 3 is 2.35 bits per heavy atom. The van der Waals surface area contributed by atoms with Crippen molar-refractivity contribution in [2.75, 3.05) is 0 Å². The van der Waals surface area contributed by atoms with E-state index in [0.29, 0.717) is 5.56 Å². The van der Waals surface area contributed by atoms with Gasteiger partial charge in [-0.3, -0.25) is 35.5 Å². The molecular formula is C11H8N4O4S. The van der Waals surface area contributed by atoms with Crippen molar-refractivity contribution in [1.82, 2.24) is 15.8 Å². The molecular weight excluding hydrogens is 284 g/mol. The normalized spacial score (nSPS) is 9.80. The lowest BCUT2D eigenvalue weighted by Crippen LogP contribution is -2.41. The molecule has 2 heterocycles. The van der Waals surface area contributed by atoms with E-state index in [-0.39, 0.29) is 9.88 Å². The number of thiophene rings is 1. The molecule has 2 aromatic heterocycles. The highest BCUT2D eigenvalue weighted by Crippen LogP contribution is 2.23. The molecule has 0 fully saturated rings. The first-order chi connectivity index (χ1) is 9.58. The number of hydrazine groups is 1. The van der Waals surface area contributed by atoms with Crippen molar-refractivity contribution < 1.29 is 14.5 Å². The zero-order valence-electron chi connectivity index (χ0n) is 9.90. The number of nitrogens with zero attached hydrogens (tertiary/aromatic N) is 2. The van der Waals surface area contributed by atoms with E-state index in [0.717, 1.165) is 11.3 Å². The summed E-state index contributed by atoms with van der Waals surface area (Å²) in [4.78, 5) is 37.1. The summed E-state index contributed by atoms with van der Waals surface area (Å²) in [5.74, 6) is -1.13. The second-order valence-electron chi connectivity index (χ2n) is 3.54. The Bertz CT molecular complexity index is 655. The quantitative estimate of drug-likeness (QED) is 0.650. The van der Waals surface area contributed by atoms with Crippen LogP contribution in [-0.2, 0) is 0 Å². The summed E-state index contributed by atoms with van der Waals surface area (Å²) in [6.07, 6.45) is 2.89. The fourth-order valence-corrected chi connectivity index (χ4v) is 2.01. The molecule has 0 spiro atoms. The van der Waals surface area contributed by atoms with Crippen LogP contribution in [-0.4, -0.2) is 21.7 Å². The van der Waals surface area contributed by atoms with Crippen molar-refractivity contribution in [2.24, 2.45) is 0 Å². The van der Waals surface area contributed by atoms with Crippen LogP contribution in [0.1, 0.15) is 20.0 Å². The number of aromatic nitrogens is 1. The van der Waals surface area contributed by atoms with Crippen LogP contribution in [0.15, 0.2) is 36.7 Å². The van der Waals surface area contributed by atoms with Gasteiger partial charge in [0.2, 0.25) is 0 Å². The van der Waals surface area contributed by atoms with Gasteiger partial charge in [0.25, 0.3) is 11.8 Å². The molecule has 0 aliphatic heterocycles. The standard InChI is InChI=1S/C11H8N4O4S/c16-10(7-3-5-12-6-4-7)13-14-11(17)8-1-2-9(20-8)15(18)19/h1-6H,(H,13,16)(H,14,17). The maximum absolute atomic E-state index is 11.7. The van der Waals surface area contributed by atoms with E-state index in [1.807, 2.05) is 0 Å². The van der Waals surface area contributed by atoms with E-state index in [1.54, 1.807) is 0 Å². The molecule has 2 N–H and O–H groups in total. The van der Waals surface area contributed by atoms with Crippen LogP contribution in [0.25, 0.3) is 0 Å². The first-order valence-electron chi connectivity index (χ1n) is 5.33. The molecule has 2 rings (SSSR count). The Hall–Kier alpha value is -2.81. The Kier molecular flexibility index (Phi) is 4.01. The molecule has 2 aromatic rings. The smallest absolute Gasteiger partial charge is 0.267 e. The molecule has 0 unspecified atom stereocenters. The number of hydrogen-bond donors (Lipinski definition) is 2. The topological polar surface area (TPSA) is 114 Å².